The van der Waals surface area contributed by atoms with Gasteiger partial charge in [-0.25, -0.2) is 0 Å². The maximum atomic E-state index is 11.9. The molecule has 4 nitrogen and oxygen atoms in total. The van der Waals surface area contributed by atoms with Gasteiger partial charge in [-0.05, 0) is 44.0 Å². The van der Waals surface area contributed by atoms with Crippen LogP contribution in [0.25, 0.3) is 0 Å². The van der Waals surface area contributed by atoms with Crippen molar-refractivity contribution in [2.24, 2.45) is 0 Å². The summed E-state index contributed by atoms with van der Waals surface area (Å²) in [4.78, 5) is 11.9. The van der Waals surface area contributed by atoms with Crippen molar-refractivity contribution in [3.8, 4) is 0 Å². The van der Waals surface area contributed by atoms with Gasteiger partial charge in [-0.3, -0.25) is 4.79 Å². The van der Waals surface area contributed by atoms with E-state index in [4.69, 9.17) is 4.42 Å². The minimum absolute atomic E-state index is 0.0494. The largest absolute Gasteiger partial charge is 0.468 e. The van der Waals surface area contributed by atoms with Gasteiger partial charge in [0.15, 0.2) is 0 Å². The van der Waals surface area contributed by atoms with Crippen molar-refractivity contribution >= 4 is 11.6 Å². The van der Waals surface area contributed by atoms with Gasteiger partial charge in [0.25, 0.3) is 0 Å². The molecule has 2 N–H and O–H groups in total. The molecule has 1 heterocycles. The zero-order valence-corrected chi connectivity index (χ0v) is 12.1. The minimum Gasteiger partial charge on any atom is -0.468 e. The fourth-order valence-corrected chi connectivity index (χ4v) is 2.27. The van der Waals surface area contributed by atoms with E-state index in [9.17, 15) is 4.79 Å². The first-order chi connectivity index (χ1) is 9.56. The minimum atomic E-state index is -0.0494. The van der Waals surface area contributed by atoms with Crippen molar-refractivity contribution in [1.82, 2.24) is 5.32 Å². The summed E-state index contributed by atoms with van der Waals surface area (Å²) in [5.41, 5.74) is 4.28. The molecule has 2 rings (SSSR count). The Morgan fingerprint density at radius 3 is 2.50 bits per heavy atom. The predicted molar refractivity (Wildman–Crippen MR) is 79.7 cm³/mol. The summed E-state index contributed by atoms with van der Waals surface area (Å²) in [5, 5.41) is 6.01. The summed E-state index contributed by atoms with van der Waals surface area (Å²) in [6, 6.07) is 7.84. The second-order valence-corrected chi connectivity index (χ2v) is 5.00. The van der Waals surface area contributed by atoms with Crippen molar-refractivity contribution in [3.63, 3.8) is 0 Å². The number of hydrogen-bond donors (Lipinski definition) is 2. The Kier molecular flexibility index (Phi) is 4.58. The molecule has 0 aliphatic carbocycles. The van der Waals surface area contributed by atoms with Crippen LogP contribution in [-0.4, -0.2) is 12.5 Å². The van der Waals surface area contributed by atoms with E-state index in [-0.39, 0.29) is 12.5 Å². The van der Waals surface area contributed by atoms with Crippen LogP contribution in [0.2, 0.25) is 0 Å². The van der Waals surface area contributed by atoms with E-state index in [1.807, 2.05) is 26.0 Å². The zero-order valence-electron chi connectivity index (χ0n) is 12.1. The molecule has 106 valence electrons. The molecule has 0 saturated heterocycles. The number of rotatable bonds is 5. The maximum absolute atomic E-state index is 11.9. The van der Waals surface area contributed by atoms with Crippen molar-refractivity contribution < 1.29 is 9.21 Å². The van der Waals surface area contributed by atoms with Crippen LogP contribution in [0.1, 0.15) is 22.5 Å². The normalized spacial score (nSPS) is 10.6. The maximum Gasteiger partial charge on any atom is 0.238 e. The van der Waals surface area contributed by atoms with E-state index in [2.05, 4.69) is 29.7 Å². The van der Waals surface area contributed by atoms with Gasteiger partial charge < -0.3 is 15.1 Å². The smallest absolute Gasteiger partial charge is 0.238 e. The van der Waals surface area contributed by atoms with Gasteiger partial charge in [0.1, 0.15) is 5.76 Å². The number of hydrogen-bond acceptors (Lipinski definition) is 3. The average Bonchev–Trinajstić information content (AvgIpc) is 2.87. The molecule has 0 unspecified atom stereocenters. The lowest BCUT2D eigenvalue weighted by atomic mass is 10.1. The molecule has 20 heavy (non-hydrogen) atoms. The van der Waals surface area contributed by atoms with Crippen LogP contribution < -0.4 is 10.6 Å². The quantitative estimate of drug-likeness (QED) is 0.880. The Morgan fingerprint density at radius 1 is 1.20 bits per heavy atom. The molecule has 4 heteroatoms. The van der Waals surface area contributed by atoms with Crippen LogP contribution in [0.3, 0.4) is 0 Å². The number of carbonyl (C=O) groups is 1. The van der Waals surface area contributed by atoms with Crippen LogP contribution in [0.15, 0.2) is 34.9 Å². The van der Waals surface area contributed by atoms with Gasteiger partial charge in [0.2, 0.25) is 5.91 Å². The summed E-state index contributed by atoms with van der Waals surface area (Å²) in [7, 11) is 0. The monoisotopic (exact) mass is 272 g/mol. The van der Waals surface area contributed by atoms with E-state index < -0.39 is 0 Å². The van der Waals surface area contributed by atoms with E-state index in [1.165, 1.54) is 5.56 Å². The molecular formula is C16H20N2O2. The number of aryl methyl sites for hydroxylation is 3. The van der Waals surface area contributed by atoms with Gasteiger partial charge in [0.05, 0.1) is 19.4 Å². The lowest BCUT2D eigenvalue weighted by Crippen LogP contribution is -2.28. The summed E-state index contributed by atoms with van der Waals surface area (Å²) in [6.45, 7) is 6.87. The van der Waals surface area contributed by atoms with Gasteiger partial charge in [-0.2, -0.15) is 0 Å². The van der Waals surface area contributed by atoms with Crippen LogP contribution >= 0.6 is 0 Å². The fourth-order valence-electron chi connectivity index (χ4n) is 2.27. The fraction of sp³-hybridized carbons (Fsp3) is 0.312. The molecule has 1 aromatic carbocycles. The Morgan fingerprint density at radius 2 is 1.90 bits per heavy atom. The summed E-state index contributed by atoms with van der Waals surface area (Å²) >= 11 is 0. The first-order valence-electron chi connectivity index (χ1n) is 6.67. The molecule has 0 saturated carbocycles. The molecule has 0 fully saturated rings. The van der Waals surface area contributed by atoms with E-state index in [1.54, 1.807) is 6.26 Å². The summed E-state index contributed by atoms with van der Waals surface area (Å²) in [6.07, 6.45) is 1.62. The number of anilines is 1. The van der Waals surface area contributed by atoms with E-state index in [0.717, 1.165) is 22.6 Å². The molecule has 0 atom stereocenters. The summed E-state index contributed by atoms with van der Waals surface area (Å²) in [5.74, 6) is 0.770. The zero-order chi connectivity index (χ0) is 14.5. The Balaban J connectivity index is 1.88. The number of benzene rings is 1. The van der Waals surface area contributed by atoms with Gasteiger partial charge >= 0.3 is 0 Å². The average molecular weight is 272 g/mol. The van der Waals surface area contributed by atoms with Crippen LogP contribution in [-0.2, 0) is 11.3 Å². The first-order valence-corrected chi connectivity index (χ1v) is 6.67. The lowest BCUT2D eigenvalue weighted by Gasteiger charge is -2.13. The second kappa shape index (κ2) is 6.39. The topological polar surface area (TPSA) is 54.3 Å². The number of amides is 1. The second-order valence-electron chi connectivity index (χ2n) is 5.00. The Labute approximate surface area is 119 Å². The highest BCUT2D eigenvalue weighted by atomic mass is 16.3. The predicted octanol–water partition coefficient (Wildman–Crippen LogP) is 2.93. The molecule has 0 aliphatic heterocycles. The molecule has 1 aromatic heterocycles. The molecule has 0 radical (unpaired) electrons. The third kappa shape index (κ3) is 3.71. The molecule has 1 amide bonds. The highest BCUT2D eigenvalue weighted by molar-refractivity contribution is 5.93. The third-order valence-electron chi connectivity index (χ3n) is 3.11. The molecule has 0 bridgehead atoms. The highest BCUT2D eigenvalue weighted by Gasteiger charge is 2.08. The van der Waals surface area contributed by atoms with Gasteiger partial charge in [0, 0.05) is 5.69 Å². The molecule has 0 aliphatic rings. The first kappa shape index (κ1) is 14.3. The Bertz CT molecular complexity index is 566. The van der Waals surface area contributed by atoms with Crippen molar-refractivity contribution in [2.75, 3.05) is 11.9 Å². The van der Waals surface area contributed by atoms with Crippen LogP contribution in [0.4, 0.5) is 5.69 Å². The molecule has 0 spiro atoms. The number of nitrogens with one attached hydrogen (secondary N) is 2. The number of furan rings is 1. The van der Waals surface area contributed by atoms with Crippen LogP contribution in [0.5, 0.6) is 0 Å². The van der Waals surface area contributed by atoms with Gasteiger partial charge in [-0.15, -0.1) is 0 Å². The van der Waals surface area contributed by atoms with E-state index >= 15 is 0 Å². The van der Waals surface area contributed by atoms with Crippen LogP contribution in [0, 0.1) is 20.8 Å². The van der Waals surface area contributed by atoms with E-state index in [0.29, 0.717) is 6.54 Å². The third-order valence-corrected chi connectivity index (χ3v) is 3.11. The molecular weight excluding hydrogens is 252 g/mol. The summed E-state index contributed by atoms with van der Waals surface area (Å²) < 4.78 is 5.19. The number of carbonyl (C=O) groups excluding carboxylic acids is 1. The standard InChI is InChI=1S/C16H20N2O2/c1-11-7-12(2)16(13(3)8-11)18-15(19)10-17-9-14-5-4-6-20-14/h4-8,17H,9-10H2,1-3H3,(H,18,19). The van der Waals surface area contributed by atoms with Gasteiger partial charge in [-0.1, -0.05) is 17.7 Å². The van der Waals surface area contributed by atoms with Crippen molar-refractivity contribution in [3.05, 3.63) is 53.0 Å². The lowest BCUT2D eigenvalue weighted by molar-refractivity contribution is -0.115. The van der Waals surface area contributed by atoms with Crippen molar-refractivity contribution in [2.45, 2.75) is 27.3 Å². The highest BCUT2D eigenvalue weighted by Crippen LogP contribution is 2.21. The van der Waals surface area contributed by atoms with Crippen molar-refractivity contribution in [1.29, 1.82) is 0 Å². The Hall–Kier alpha value is -2.07. The molecule has 2 aromatic rings. The SMILES string of the molecule is Cc1cc(C)c(NC(=O)CNCc2ccco2)c(C)c1.